The fraction of sp³-hybridized carbons (Fsp3) is 0.417. The van der Waals surface area contributed by atoms with Crippen LogP contribution in [0.2, 0.25) is 0 Å². The van der Waals surface area contributed by atoms with Crippen LogP contribution >= 0.6 is 0 Å². The number of amides is 2. The lowest BCUT2D eigenvalue weighted by molar-refractivity contribution is -0.136. The molecule has 0 aliphatic carbocycles. The molecule has 30 heavy (non-hydrogen) atoms. The molecule has 2 atom stereocenters. The van der Waals surface area contributed by atoms with Gasteiger partial charge in [-0.05, 0) is 61.2 Å². The minimum atomic E-state index is -0.375. The van der Waals surface area contributed by atoms with E-state index in [4.69, 9.17) is 4.74 Å². The van der Waals surface area contributed by atoms with Crippen LogP contribution in [0.25, 0.3) is 0 Å². The lowest BCUT2D eigenvalue weighted by Crippen LogP contribution is -2.42. The van der Waals surface area contributed by atoms with Crippen molar-refractivity contribution in [2.75, 3.05) is 33.3 Å². The van der Waals surface area contributed by atoms with Crippen LogP contribution in [0.1, 0.15) is 41.1 Å². The Balaban J connectivity index is 1.61. The van der Waals surface area contributed by atoms with Crippen molar-refractivity contribution in [1.82, 2.24) is 9.80 Å². The number of hydrogen-bond acceptors (Lipinski definition) is 3. The average Bonchev–Trinajstić information content (AvgIpc) is 3.25. The summed E-state index contributed by atoms with van der Waals surface area (Å²) in [6.07, 6.45) is 3.21. The number of rotatable bonds is 4. The van der Waals surface area contributed by atoms with E-state index in [0.717, 1.165) is 43.7 Å². The highest BCUT2D eigenvalue weighted by molar-refractivity contribution is 5.95. The predicted octanol–water partition coefficient (Wildman–Crippen LogP) is 3.70. The van der Waals surface area contributed by atoms with E-state index in [1.165, 1.54) is 24.3 Å². The lowest BCUT2D eigenvalue weighted by Gasteiger charge is -2.31. The van der Waals surface area contributed by atoms with Gasteiger partial charge in [-0.15, -0.1) is 0 Å². The number of methoxy groups -OCH3 is 1. The number of likely N-dealkylation sites (tertiary alicyclic amines) is 2. The molecule has 2 aliphatic rings. The second-order valence-electron chi connectivity index (χ2n) is 8.09. The van der Waals surface area contributed by atoms with E-state index in [9.17, 15) is 14.0 Å². The first-order valence-corrected chi connectivity index (χ1v) is 10.5. The summed E-state index contributed by atoms with van der Waals surface area (Å²) in [6, 6.07) is 13.3. The van der Waals surface area contributed by atoms with Crippen molar-refractivity contribution in [3.8, 4) is 5.75 Å². The minimum Gasteiger partial charge on any atom is -0.497 e. The Morgan fingerprint density at radius 2 is 1.70 bits per heavy atom. The summed E-state index contributed by atoms with van der Waals surface area (Å²) in [5.74, 6) is -0.0762. The van der Waals surface area contributed by atoms with E-state index in [0.29, 0.717) is 18.7 Å². The second kappa shape index (κ2) is 8.86. The van der Waals surface area contributed by atoms with Gasteiger partial charge >= 0.3 is 0 Å². The van der Waals surface area contributed by atoms with Gasteiger partial charge in [-0.25, -0.2) is 4.39 Å². The number of piperidine rings is 1. The van der Waals surface area contributed by atoms with E-state index in [-0.39, 0.29) is 29.5 Å². The third-order valence-corrected chi connectivity index (χ3v) is 6.21. The minimum absolute atomic E-state index is 0.0982. The molecule has 0 N–H and O–H groups in total. The van der Waals surface area contributed by atoms with Gasteiger partial charge in [-0.1, -0.05) is 12.1 Å². The summed E-state index contributed by atoms with van der Waals surface area (Å²) >= 11 is 0. The Labute approximate surface area is 176 Å². The first kappa shape index (κ1) is 20.4. The van der Waals surface area contributed by atoms with E-state index in [2.05, 4.69) is 0 Å². The Morgan fingerprint density at radius 3 is 2.40 bits per heavy atom. The van der Waals surface area contributed by atoms with Crippen molar-refractivity contribution in [3.63, 3.8) is 0 Å². The Hall–Kier alpha value is -2.89. The van der Waals surface area contributed by atoms with E-state index in [1.54, 1.807) is 12.0 Å². The molecule has 0 saturated carbocycles. The van der Waals surface area contributed by atoms with Gasteiger partial charge < -0.3 is 14.5 Å². The van der Waals surface area contributed by atoms with Crippen molar-refractivity contribution in [2.45, 2.75) is 25.2 Å². The van der Waals surface area contributed by atoms with E-state index < -0.39 is 0 Å². The number of nitrogens with zero attached hydrogens (tertiary/aromatic N) is 2. The number of halogens is 1. The molecule has 4 rings (SSSR count). The standard InChI is InChI=1S/C24H27FN2O3/c1-30-20-7-5-6-18(14-20)21-15-27(23(28)17-8-10-19(25)11-9-17)16-22(21)24(29)26-12-3-2-4-13-26/h5-11,14,21-22H,2-4,12-13,15-16H2,1H3. The zero-order valence-electron chi connectivity index (χ0n) is 17.2. The fourth-order valence-electron chi connectivity index (χ4n) is 4.55. The van der Waals surface area contributed by atoms with Gasteiger partial charge in [0.25, 0.3) is 5.91 Å². The first-order chi connectivity index (χ1) is 14.6. The number of benzene rings is 2. The van der Waals surface area contributed by atoms with Crippen molar-refractivity contribution in [3.05, 3.63) is 65.5 Å². The monoisotopic (exact) mass is 410 g/mol. The molecule has 2 unspecified atom stereocenters. The summed E-state index contributed by atoms with van der Waals surface area (Å²) in [5, 5.41) is 0. The van der Waals surface area contributed by atoms with Crippen LogP contribution in [-0.2, 0) is 4.79 Å². The number of hydrogen-bond donors (Lipinski definition) is 0. The van der Waals surface area contributed by atoms with E-state index >= 15 is 0 Å². The van der Waals surface area contributed by atoms with Gasteiger partial charge in [0.1, 0.15) is 11.6 Å². The smallest absolute Gasteiger partial charge is 0.253 e. The van der Waals surface area contributed by atoms with Crippen LogP contribution in [0, 0.1) is 11.7 Å². The fourth-order valence-corrected chi connectivity index (χ4v) is 4.55. The molecular weight excluding hydrogens is 383 g/mol. The van der Waals surface area contributed by atoms with Gasteiger partial charge in [0.2, 0.25) is 5.91 Å². The van der Waals surface area contributed by atoms with Crippen LogP contribution in [0.3, 0.4) is 0 Å². The quantitative estimate of drug-likeness (QED) is 0.772. The molecular formula is C24H27FN2O3. The molecule has 0 aromatic heterocycles. The van der Waals surface area contributed by atoms with E-state index in [1.807, 2.05) is 29.2 Å². The highest BCUT2D eigenvalue weighted by Crippen LogP contribution is 2.36. The largest absolute Gasteiger partial charge is 0.497 e. The maximum Gasteiger partial charge on any atom is 0.253 e. The number of carbonyl (C=O) groups is 2. The van der Waals surface area contributed by atoms with Crippen molar-refractivity contribution >= 4 is 11.8 Å². The van der Waals surface area contributed by atoms with Crippen LogP contribution in [-0.4, -0.2) is 54.9 Å². The molecule has 6 heteroatoms. The molecule has 2 aromatic rings. The van der Waals surface area contributed by atoms with Gasteiger partial charge in [0.15, 0.2) is 0 Å². The molecule has 0 bridgehead atoms. The summed E-state index contributed by atoms with van der Waals surface area (Å²) < 4.78 is 18.6. The maximum absolute atomic E-state index is 13.4. The maximum atomic E-state index is 13.4. The molecule has 0 radical (unpaired) electrons. The third kappa shape index (κ3) is 4.18. The highest BCUT2D eigenvalue weighted by atomic mass is 19.1. The third-order valence-electron chi connectivity index (χ3n) is 6.21. The zero-order chi connectivity index (χ0) is 21.1. The molecule has 2 aromatic carbocycles. The molecule has 2 fully saturated rings. The SMILES string of the molecule is COc1cccc(C2CN(C(=O)c3ccc(F)cc3)CC2C(=O)N2CCCCC2)c1. The summed E-state index contributed by atoms with van der Waals surface area (Å²) in [7, 11) is 1.62. The summed E-state index contributed by atoms with van der Waals surface area (Å²) in [6.45, 7) is 2.39. The second-order valence-corrected chi connectivity index (χ2v) is 8.09. The lowest BCUT2D eigenvalue weighted by atomic mass is 9.87. The molecule has 5 nitrogen and oxygen atoms in total. The molecule has 158 valence electrons. The average molecular weight is 410 g/mol. The first-order valence-electron chi connectivity index (χ1n) is 10.5. The Morgan fingerprint density at radius 1 is 0.967 bits per heavy atom. The van der Waals surface area contributed by atoms with Crippen LogP contribution in [0.4, 0.5) is 4.39 Å². The number of ether oxygens (including phenoxy) is 1. The van der Waals surface area contributed by atoms with Gasteiger partial charge in [-0.3, -0.25) is 9.59 Å². The summed E-state index contributed by atoms with van der Waals surface area (Å²) in [5.41, 5.74) is 1.44. The normalized spacial score (nSPS) is 21.5. The van der Waals surface area contributed by atoms with Gasteiger partial charge in [-0.2, -0.15) is 0 Å². The molecule has 2 amide bonds. The zero-order valence-corrected chi connectivity index (χ0v) is 17.2. The van der Waals surface area contributed by atoms with Crippen molar-refractivity contribution in [1.29, 1.82) is 0 Å². The van der Waals surface area contributed by atoms with Crippen LogP contribution in [0.5, 0.6) is 5.75 Å². The van der Waals surface area contributed by atoms with Gasteiger partial charge in [0, 0.05) is 37.7 Å². The van der Waals surface area contributed by atoms with Crippen LogP contribution < -0.4 is 4.74 Å². The van der Waals surface area contributed by atoms with Crippen molar-refractivity contribution < 1.29 is 18.7 Å². The topological polar surface area (TPSA) is 49.9 Å². The Bertz CT molecular complexity index is 909. The van der Waals surface area contributed by atoms with Crippen LogP contribution in [0.15, 0.2) is 48.5 Å². The molecule has 2 heterocycles. The summed E-state index contributed by atoms with van der Waals surface area (Å²) in [4.78, 5) is 30.1. The molecule has 2 aliphatic heterocycles. The highest BCUT2D eigenvalue weighted by Gasteiger charge is 2.42. The predicted molar refractivity (Wildman–Crippen MR) is 112 cm³/mol. The number of carbonyl (C=O) groups excluding carboxylic acids is 2. The van der Waals surface area contributed by atoms with Crippen molar-refractivity contribution in [2.24, 2.45) is 5.92 Å². The molecule has 2 saturated heterocycles. The Kier molecular flexibility index (Phi) is 6.02. The molecule has 0 spiro atoms. The van der Waals surface area contributed by atoms with Gasteiger partial charge in [0.05, 0.1) is 13.0 Å².